The van der Waals surface area contributed by atoms with Gasteiger partial charge in [0.05, 0.1) is 16.4 Å². The molecule has 0 aromatic carbocycles. The first-order chi connectivity index (χ1) is 9.65. The normalized spacial score (nSPS) is 29.8. The zero-order valence-corrected chi connectivity index (χ0v) is 13.6. The Balaban J connectivity index is 1.53. The highest BCUT2D eigenvalue weighted by atomic mass is 35.5. The Kier molecular flexibility index (Phi) is 4.60. The minimum absolute atomic E-state index is 0.0209. The zero-order chi connectivity index (χ0) is 14.0. The third-order valence-electron chi connectivity index (χ3n) is 3.89. The van der Waals surface area contributed by atoms with Crippen LogP contribution >= 0.6 is 34.7 Å². The van der Waals surface area contributed by atoms with Crippen molar-refractivity contribution in [2.24, 2.45) is 0 Å². The summed E-state index contributed by atoms with van der Waals surface area (Å²) in [6.45, 7) is 0.760. The summed E-state index contributed by atoms with van der Waals surface area (Å²) < 4.78 is 6.71. The van der Waals surface area contributed by atoms with Crippen LogP contribution in [-0.2, 0) is 16.0 Å². The van der Waals surface area contributed by atoms with E-state index in [-0.39, 0.29) is 17.6 Å². The van der Waals surface area contributed by atoms with Crippen LogP contribution in [0.25, 0.3) is 0 Å². The molecule has 0 aliphatic carbocycles. The molecule has 1 spiro atoms. The molecule has 2 aliphatic rings. The van der Waals surface area contributed by atoms with E-state index in [1.54, 1.807) is 0 Å². The summed E-state index contributed by atoms with van der Waals surface area (Å²) in [6.07, 6.45) is 3.42. The average Bonchev–Trinajstić information content (AvgIpc) is 2.99. The fraction of sp³-hybridized carbons (Fsp3) is 0.643. The number of hydrogen-bond donors (Lipinski definition) is 1. The largest absolute Gasteiger partial charge is 0.374 e. The van der Waals surface area contributed by atoms with Crippen molar-refractivity contribution in [2.45, 2.75) is 37.3 Å². The van der Waals surface area contributed by atoms with E-state index in [0.29, 0.717) is 6.42 Å². The van der Waals surface area contributed by atoms with Gasteiger partial charge in [-0.15, -0.1) is 11.3 Å². The fourth-order valence-corrected chi connectivity index (χ4v) is 5.36. The lowest BCUT2D eigenvalue weighted by Crippen LogP contribution is -2.49. The molecule has 1 N–H and O–H groups in total. The summed E-state index contributed by atoms with van der Waals surface area (Å²) in [4.78, 5) is 13.1. The van der Waals surface area contributed by atoms with Gasteiger partial charge in [-0.05, 0) is 37.1 Å². The van der Waals surface area contributed by atoms with Crippen LogP contribution in [0.3, 0.4) is 0 Å². The molecule has 2 atom stereocenters. The van der Waals surface area contributed by atoms with E-state index in [0.717, 1.165) is 40.8 Å². The molecule has 3 heterocycles. The number of hydrogen-bond acceptors (Lipinski definition) is 4. The van der Waals surface area contributed by atoms with Gasteiger partial charge in [0, 0.05) is 23.3 Å². The summed E-state index contributed by atoms with van der Waals surface area (Å²) in [5, 5.41) is 3.16. The van der Waals surface area contributed by atoms with Gasteiger partial charge in [0.25, 0.3) is 0 Å². The van der Waals surface area contributed by atoms with E-state index in [4.69, 9.17) is 16.3 Å². The molecule has 2 aliphatic heterocycles. The van der Waals surface area contributed by atoms with E-state index >= 15 is 0 Å². The maximum Gasteiger partial charge on any atom is 0.225 e. The van der Waals surface area contributed by atoms with Gasteiger partial charge < -0.3 is 10.1 Å². The number of carbonyl (C=O) groups excluding carboxylic acids is 1. The number of thioether (sulfide) groups is 1. The molecule has 0 unspecified atom stereocenters. The second-order valence-corrected chi connectivity index (χ2v) is 8.38. The van der Waals surface area contributed by atoms with E-state index in [1.807, 2.05) is 23.9 Å². The van der Waals surface area contributed by atoms with Crippen LogP contribution in [0.4, 0.5) is 0 Å². The number of nitrogens with one attached hydrogen (secondary N) is 1. The number of carbonyl (C=O) groups is 1. The quantitative estimate of drug-likeness (QED) is 0.924. The van der Waals surface area contributed by atoms with Gasteiger partial charge in [0.1, 0.15) is 0 Å². The van der Waals surface area contributed by atoms with Crippen LogP contribution in [0.5, 0.6) is 0 Å². The Morgan fingerprint density at radius 3 is 3.15 bits per heavy atom. The van der Waals surface area contributed by atoms with Crippen LogP contribution in [0, 0.1) is 0 Å². The molecule has 0 bridgehead atoms. The van der Waals surface area contributed by atoms with Gasteiger partial charge in [0.2, 0.25) is 5.91 Å². The molecule has 20 heavy (non-hydrogen) atoms. The van der Waals surface area contributed by atoms with Gasteiger partial charge in [-0.25, -0.2) is 0 Å². The van der Waals surface area contributed by atoms with Crippen molar-refractivity contribution < 1.29 is 9.53 Å². The van der Waals surface area contributed by atoms with Crippen LogP contribution in [0.2, 0.25) is 4.34 Å². The molecule has 3 nitrogen and oxygen atoms in total. The molecular formula is C14H18ClNO2S2. The lowest BCUT2D eigenvalue weighted by atomic mass is 9.90. The van der Waals surface area contributed by atoms with E-state index in [2.05, 4.69) is 5.32 Å². The van der Waals surface area contributed by atoms with E-state index < -0.39 is 0 Å². The Morgan fingerprint density at radius 2 is 2.45 bits per heavy atom. The van der Waals surface area contributed by atoms with Crippen molar-refractivity contribution in [3.8, 4) is 0 Å². The standard InChI is InChI=1S/C14H18ClNO2S2/c15-12-2-1-11(20-12)7-13(17)16-10-3-5-18-14(8-10)4-6-19-9-14/h1-2,10H,3-9H2,(H,16,17)/t10-,14+/m0/s1. The third kappa shape index (κ3) is 3.50. The van der Waals surface area contributed by atoms with Crippen molar-refractivity contribution in [1.82, 2.24) is 5.32 Å². The Morgan fingerprint density at radius 1 is 1.55 bits per heavy atom. The predicted molar refractivity (Wildman–Crippen MR) is 84.8 cm³/mol. The van der Waals surface area contributed by atoms with Crippen LogP contribution in [0.1, 0.15) is 24.1 Å². The predicted octanol–water partition coefficient (Wildman–Crippen LogP) is 3.11. The van der Waals surface area contributed by atoms with Crippen molar-refractivity contribution >= 4 is 40.6 Å². The topological polar surface area (TPSA) is 38.3 Å². The SMILES string of the molecule is O=C(Cc1ccc(Cl)s1)N[C@H]1CCO[C@]2(CCSC2)C1. The fourth-order valence-electron chi connectivity index (χ4n) is 2.90. The minimum atomic E-state index is 0.0209. The first-order valence-corrected chi connectivity index (χ1v) is 9.25. The monoisotopic (exact) mass is 331 g/mol. The Bertz CT molecular complexity index is 485. The van der Waals surface area contributed by atoms with Gasteiger partial charge in [-0.2, -0.15) is 11.8 Å². The van der Waals surface area contributed by atoms with Crippen molar-refractivity contribution in [3.05, 3.63) is 21.3 Å². The average molecular weight is 332 g/mol. The maximum atomic E-state index is 12.1. The highest BCUT2D eigenvalue weighted by molar-refractivity contribution is 7.99. The number of halogens is 1. The first kappa shape index (κ1) is 14.7. The molecule has 6 heteroatoms. The molecule has 0 radical (unpaired) electrons. The number of rotatable bonds is 3. The summed E-state index contributed by atoms with van der Waals surface area (Å²) in [5.41, 5.74) is 0.0209. The molecule has 1 amide bonds. The first-order valence-electron chi connectivity index (χ1n) is 6.91. The third-order valence-corrected chi connectivity index (χ3v) is 6.34. The summed E-state index contributed by atoms with van der Waals surface area (Å²) in [7, 11) is 0. The lowest BCUT2D eigenvalue weighted by Gasteiger charge is -2.38. The molecule has 3 rings (SSSR count). The maximum absolute atomic E-state index is 12.1. The molecular weight excluding hydrogens is 314 g/mol. The van der Waals surface area contributed by atoms with Crippen molar-refractivity contribution in [1.29, 1.82) is 0 Å². The molecule has 1 aromatic heterocycles. The molecule has 2 saturated heterocycles. The van der Waals surface area contributed by atoms with Gasteiger partial charge in [-0.1, -0.05) is 11.6 Å². The van der Waals surface area contributed by atoms with Gasteiger partial charge >= 0.3 is 0 Å². The van der Waals surface area contributed by atoms with E-state index in [1.165, 1.54) is 17.1 Å². The van der Waals surface area contributed by atoms with Gasteiger partial charge in [0.15, 0.2) is 0 Å². The Hall–Kier alpha value is -0.230. The zero-order valence-electron chi connectivity index (χ0n) is 11.2. The highest BCUT2D eigenvalue weighted by Crippen LogP contribution is 2.38. The van der Waals surface area contributed by atoms with Crippen molar-refractivity contribution in [3.63, 3.8) is 0 Å². The van der Waals surface area contributed by atoms with Crippen LogP contribution in [0.15, 0.2) is 12.1 Å². The van der Waals surface area contributed by atoms with Crippen LogP contribution < -0.4 is 5.32 Å². The number of amides is 1. The van der Waals surface area contributed by atoms with Crippen molar-refractivity contribution in [2.75, 3.05) is 18.1 Å². The Labute approximate surface area is 132 Å². The molecule has 0 saturated carbocycles. The summed E-state index contributed by atoms with van der Waals surface area (Å²) in [5.74, 6) is 2.34. The second-order valence-electron chi connectivity index (χ2n) is 5.47. The van der Waals surface area contributed by atoms with Gasteiger partial charge in [-0.3, -0.25) is 4.79 Å². The second kappa shape index (κ2) is 6.26. The minimum Gasteiger partial charge on any atom is -0.374 e. The van der Waals surface area contributed by atoms with E-state index in [9.17, 15) is 4.79 Å². The summed E-state index contributed by atoms with van der Waals surface area (Å²) in [6, 6.07) is 4.02. The summed E-state index contributed by atoms with van der Waals surface area (Å²) >= 11 is 9.31. The number of ether oxygens (including phenoxy) is 1. The molecule has 1 aromatic rings. The molecule has 110 valence electrons. The van der Waals surface area contributed by atoms with Crippen LogP contribution in [-0.4, -0.2) is 35.7 Å². The molecule has 2 fully saturated rings. The number of thiophene rings is 1. The lowest BCUT2D eigenvalue weighted by molar-refractivity contribution is -0.123. The highest BCUT2D eigenvalue weighted by Gasteiger charge is 2.40. The smallest absolute Gasteiger partial charge is 0.225 e.